The van der Waals surface area contributed by atoms with Gasteiger partial charge in [0.25, 0.3) is 0 Å². The molecule has 0 amide bonds. The molecule has 13 rings (SSSR count). The molecule has 0 N–H and O–H groups in total. The number of benzene rings is 11. The van der Waals surface area contributed by atoms with E-state index in [2.05, 4.69) is 217 Å². The summed E-state index contributed by atoms with van der Waals surface area (Å²) in [6, 6.07) is 77.8. The summed E-state index contributed by atoms with van der Waals surface area (Å²) in [5, 5.41) is 14.4. The first-order valence-electron chi connectivity index (χ1n) is 20.8. The van der Waals surface area contributed by atoms with Crippen molar-refractivity contribution in [3.8, 4) is 22.3 Å². The first-order valence-corrected chi connectivity index (χ1v) is 21.6. The highest BCUT2D eigenvalue weighted by Gasteiger charge is 2.24. The first kappa shape index (κ1) is 34.2. The molecule has 2 nitrogen and oxygen atoms in total. The fraction of sp³-hybridized carbons (Fsp3) is 0. The summed E-state index contributed by atoms with van der Waals surface area (Å²) in [5.41, 5.74) is 9.88. The van der Waals surface area contributed by atoms with Crippen LogP contribution in [0.4, 0.5) is 17.1 Å². The number of nitrogens with zero attached hydrogens (tertiary/aromatic N) is 1. The zero-order valence-electron chi connectivity index (χ0n) is 33.0. The van der Waals surface area contributed by atoms with Gasteiger partial charge in [-0.1, -0.05) is 158 Å². The van der Waals surface area contributed by atoms with Crippen LogP contribution < -0.4 is 4.90 Å². The minimum atomic E-state index is 0.894. The van der Waals surface area contributed by atoms with Crippen molar-refractivity contribution in [2.75, 3.05) is 4.90 Å². The molecule has 0 unspecified atom stereocenters. The summed E-state index contributed by atoms with van der Waals surface area (Å²) >= 11 is 1.88. The van der Waals surface area contributed by atoms with Crippen LogP contribution >= 0.6 is 11.3 Å². The molecule has 0 atom stereocenters. The Balaban J connectivity index is 1.13. The maximum Gasteiger partial charge on any atom is 0.143 e. The van der Waals surface area contributed by atoms with Gasteiger partial charge in [-0.25, -0.2) is 0 Å². The van der Waals surface area contributed by atoms with Crippen LogP contribution in [0.15, 0.2) is 217 Å². The molecule has 0 bridgehead atoms. The molecule has 3 heteroatoms. The van der Waals surface area contributed by atoms with Gasteiger partial charge in [0.05, 0.1) is 11.4 Å². The van der Waals surface area contributed by atoms with Crippen molar-refractivity contribution in [1.82, 2.24) is 0 Å². The Labute approximate surface area is 355 Å². The van der Waals surface area contributed by atoms with Crippen molar-refractivity contribution < 1.29 is 4.42 Å². The number of hydrogen-bond acceptors (Lipinski definition) is 3. The molecule has 0 saturated carbocycles. The van der Waals surface area contributed by atoms with Gasteiger partial charge in [0.15, 0.2) is 0 Å². The zero-order valence-corrected chi connectivity index (χ0v) is 33.8. The van der Waals surface area contributed by atoms with Crippen molar-refractivity contribution in [3.05, 3.63) is 212 Å². The number of anilines is 3. The Morgan fingerprint density at radius 2 is 1.00 bits per heavy atom. The molecular weight excluding hydrogens is 759 g/mol. The summed E-state index contributed by atoms with van der Waals surface area (Å²) in [5.74, 6) is 0. The predicted octanol–water partition coefficient (Wildman–Crippen LogP) is 17.4. The summed E-state index contributed by atoms with van der Waals surface area (Å²) in [6.07, 6.45) is 0. The molecule has 0 aliphatic carbocycles. The summed E-state index contributed by atoms with van der Waals surface area (Å²) in [6.45, 7) is 0. The second kappa shape index (κ2) is 13.4. The van der Waals surface area contributed by atoms with Crippen molar-refractivity contribution in [1.29, 1.82) is 0 Å². The Kier molecular flexibility index (Phi) is 7.51. The molecule has 11 aromatic carbocycles. The van der Waals surface area contributed by atoms with Crippen LogP contribution in [0.5, 0.6) is 0 Å². The smallest absolute Gasteiger partial charge is 0.143 e. The lowest BCUT2D eigenvalue weighted by Crippen LogP contribution is -2.12. The van der Waals surface area contributed by atoms with Crippen LogP contribution in [0.25, 0.3) is 107 Å². The average molecular weight is 794 g/mol. The van der Waals surface area contributed by atoms with E-state index >= 15 is 0 Å². The lowest BCUT2D eigenvalue weighted by Gasteiger charge is -2.30. The number of rotatable bonds is 5. The average Bonchev–Trinajstić information content (AvgIpc) is 3.90. The van der Waals surface area contributed by atoms with Gasteiger partial charge in [0.1, 0.15) is 11.2 Å². The molecule has 0 radical (unpaired) electrons. The Morgan fingerprint density at radius 3 is 1.84 bits per heavy atom. The highest BCUT2D eigenvalue weighted by molar-refractivity contribution is 7.26. The summed E-state index contributed by atoms with van der Waals surface area (Å²) < 4.78 is 9.19. The Bertz CT molecular complexity index is 3890. The first-order chi connectivity index (χ1) is 30.2. The van der Waals surface area contributed by atoms with E-state index in [-0.39, 0.29) is 0 Å². The normalized spacial score (nSPS) is 11.9. The van der Waals surface area contributed by atoms with Gasteiger partial charge in [-0.3, -0.25) is 0 Å². The Morgan fingerprint density at radius 1 is 0.344 bits per heavy atom. The van der Waals surface area contributed by atoms with Crippen LogP contribution in [-0.2, 0) is 0 Å². The van der Waals surface area contributed by atoms with E-state index in [0.717, 1.165) is 55.5 Å². The molecule has 2 heterocycles. The summed E-state index contributed by atoms with van der Waals surface area (Å²) in [4.78, 5) is 2.54. The van der Waals surface area contributed by atoms with Crippen molar-refractivity contribution >= 4 is 114 Å². The lowest BCUT2D eigenvalue weighted by atomic mass is 9.94. The highest BCUT2D eigenvalue weighted by Crippen LogP contribution is 2.50. The van der Waals surface area contributed by atoms with E-state index in [1.165, 1.54) is 69.0 Å². The van der Waals surface area contributed by atoms with Gasteiger partial charge in [-0.15, -0.1) is 11.3 Å². The highest BCUT2D eigenvalue weighted by atomic mass is 32.1. The quantitative estimate of drug-likeness (QED) is 0.173. The lowest BCUT2D eigenvalue weighted by molar-refractivity contribution is 0.672. The third-order valence-electron chi connectivity index (χ3n) is 12.6. The standard InChI is InChI=1S/C58H35NOS/c1-2-14-36(15-3-1)50-34-42(31-40-18-5-7-19-43(40)50)59(54-35-52-47-23-12-13-25-56(47)61-58(52)49-24-11-10-22-46(49)54)53-33-41(30-39-17-6-8-20-44(39)53)38-27-29-55-51(32-38)48-28-26-37-16-4-9-21-45(37)57(48)60-55/h1-35H. The van der Waals surface area contributed by atoms with E-state index in [1.54, 1.807) is 0 Å². The maximum absolute atomic E-state index is 6.58. The topological polar surface area (TPSA) is 16.4 Å². The fourth-order valence-corrected chi connectivity index (χ4v) is 10.9. The number of thiophene rings is 1. The van der Waals surface area contributed by atoms with Crippen molar-refractivity contribution in [3.63, 3.8) is 0 Å². The van der Waals surface area contributed by atoms with E-state index < -0.39 is 0 Å². The van der Waals surface area contributed by atoms with Crippen LogP contribution in [0, 0.1) is 0 Å². The Hall–Kier alpha value is -7.72. The maximum atomic E-state index is 6.58. The number of furan rings is 1. The minimum absolute atomic E-state index is 0.894. The molecule has 0 saturated heterocycles. The van der Waals surface area contributed by atoms with E-state index in [9.17, 15) is 0 Å². The van der Waals surface area contributed by atoms with Gasteiger partial charge in [-0.05, 0) is 98.4 Å². The summed E-state index contributed by atoms with van der Waals surface area (Å²) in [7, 11) is 0. The zero-order chi connectivity index (χ0) is 40.0. The third-order valence-corrected chi connectivity index (χ3v) is 13.8. The largest absolute Gasteiger partial charge is 0.455 e. The second-order valence-corrected chi connectivity index (χ2v) is 17.1. The SMILES string of the molecule is c1ccc(-c2cc(N(c3cc(-c4ccc5oc6c7ccccc7ccc6c5c4)cc4ccccc34)c3cc4c5ccccc5sc4c4ccccc34)cc3ccccc23)cc1. The van der Waals surface area contributed by atoms with Crippen LogP contribution in [-0.4, -0.2) is 0 Å². The second-order valence-electron chi connectivity index (χ2n) is 16.0. The van der Waals surface area contributed by atoms with Crippen molar-refractivity contribution in [2.24, 2.45) is 0 Å². The molecule has 13 aromatic rings. The monoisotopic (exact) mass is 793 g/mol. The van der Waals surface area contributed by atoms with E-state index in [0.29, 0.717) is 0 Å². The molecule has 0 fully saturated rings. The molecule has 284 valence electrons. The molecule has 0 spiro atoms. The van der Waals surface area contributed by atoms with Crippen molar-refractivity contribution in [2.45, 2.75) is 0 Å². The minimum Gasteiger partial charge on any atom is -0.455 e. The molecular formula is C58H35NOS. The van der Waals surface area contributed by atoms with Crippen LogP contribution in [0.1, 0.15) is 0 Å². The predicted molar refractivity (Wildman–Crippen MR) is 262 cm³/mol. The van der Waals surface area contributed by atoms with Gasteiger partial charge in [0, 0.05) is 58.2 Å². The van der Waals surface area contributed by atoms with Gasteiger partial charge in [0.2, 0.25) is 0 Å². The number of hydrogen-bond donors (Lipinski definition) is 0. The van der Waals surface area contributed by atoms with E-state index in [1.807, 2.05) is 11.3 Å². The molecule has 0 aliphatic rings. The molecule has 2 aromatic heterocycles. The molecule has 0 aliphatic heterocycles. The third kappa shape index (κ3) is 5.34. The van der Waals surface area contributed by atoms with Gasteiger partial charge >= 0.3 is 0 Å². The van der Waals surface area contributed by atoms with Crippen LogP contribution in [0.2, 0.25) is 0 Å². The van der Waals surface area contributed by atoms with Gasteiger partial charge in [-0.2, -0.15) is 0 Å². The number of fused-ring (bicyclic) bond motifs is 12. The van der Waals surface area contributed by atoms with Gasteiger partial charge < -0.3 is 9.32 Å². The fourth-order valence-electron chi connectivity index (χ4n) is 9.73. The van der Waals surface area contributed by atoms with E-state index in [4.69, 9.17) is 4.42 Å². The van der Waals surface area contributed by atoms with Crippen LogP contribution in [0.3, 0.4) is 0 Å². The molecule has 61 heavy (non-hydrogen) atoms.